The molecule has 0 unspecified atom stereocenters. The van der Waals surface area contributed by atoms with Crippen molar-refractivity contribution in [3.8, 4) is 11.5 Å². The van der Waals surface area contributed by atoms with Crippen LogP contribution in [0.4, 0.5) is 0 Å². The van der Waals surface area contributed by atoms with E-state index in [0.717, 1.165) is 23.5 Å². The van der Waals surface area contributed by atoms with Gasteiger partial charge in [-0.1, -0.05) is 38.1 Å². The molecule has 2 rings (SSSR count). The van der Waals surface area contributed by atoms with Crippen molar-refractivity contribution < 1.29 is 4.74 Å². The van der Waals surface area contributed by atoms with E-state index in [4.69, 9.17) is 10.5 Å². The Morgan fingerprint density at radius 2 is 1.75 bits per heavy atom. The molecule has 0 saturated carbocycles. The molecule has 0 aromatic heterocycles. The number of benzene rings is 2. The second-order valence-corrected chi connectivity index (χ2v) is 5.46. The lowest BCUT2D eigenvalue weighted by Crippen LogP contribution is -2.02. The maximum Gasteiger partial charge on any atom is 0.130 e. The van der Waals surface area contributed by atoms with Gasteiger partial charge in [-0.3, -0.25) is 0 Å². The molecule has 0 aliphatic rings. The van der Waals surface area contributed by atoms with Crippen molar-refractivity contribution in [2.75, 3.05) is 6.54 Å². The third kappa shape index (κ3) is 3.61. The minimum Gasteiger partial charge on any atom is -0.457 e. The fourth-order valence-electron chi connectivity index (χ4n) is 2.10. The van der Waals surface area contributed by atoms with E-state index >= 15 is 0 Å². The normalized spacial score (nSPS) is 10.8. The monoisotopic (exact) mass is 269 g/mol. The minimum atomic E-state index is 0.505. The SMILES string of the molecule is Cc1ccc(C(C)C)cc1Oc1ccc(CCN)cc1. The lowest BCUT2D eigenvalue weighted by atomic mass is 10.0. The van der Waals surface area contributed by atoms with Gasteiger partial charge in [0.1, 0.15) is 11.5 Å². The molecule has 0 atom stereocenters. The first-order chi connectivity index (χ1) is 9.60. The van der Waals surface area contributed by atoms with E-state index in [1.807, 2.05) is 12.1 Å². The molecular formula is C18H23NO. The van der Waals surface area contributed by atoms with Crippen LogP contribution in [-0.2, 0) is 6.42 Å². The smallest absolute Gasteiger partial charge is 0.130 e. The summed E-state index contributed by atoms with van der Waals surface area (Å²) in [6.07, 6.45) is 0.905. The van der Waals surface area contributed by atoms with Crippen LogP contribution in [0.1, 0.15) is 36.5 Å². The largest absolute Gasteiger partial charge is 0.457 e. The highest BCUT2D eigenvalue weighted by molar-refractivity contribution is 5.41. The zero-order valence-corrected chi connectivity index (χ0v) is 12.5. The molecule has 0 spiro atoms. The minimum absolute atomic E-state index is 0.505. The summed E-state index contributed by atoms with van der Waals surface area (Å²) in [6, 6.07) is 14.6. The fourth-order valence-corrected chi connectivity index (χ4v) is 2.10. The van der Waals surface area contributed by atoms with E-state index in [1.54, 1.807) is 0 Å². The summed E-state index contributed by atoms with van der Waals surface area (Å²) in [5.74, 6) is 2.31. The molecule has 0 saturated heterocycles. The Kier molecular flexibility index (Phi) is 4.80. The van der Waals surface area contributed by atoms with Crippen molar-refractivity contribution >= 4 is 0 Å². The Morgan fingerprint density at radius 3 is 2.35 bits per heavy atom. The Morgan fingerprint density at radius 1 is 1.05 bits per heavy atom. The van der Waals surface area contributed by atoms with Gasteiger partial charge in [0.15, 0.2) is 0 Å². The van der Waals surface area contributed by atoms with Gasteiger partial charge in [0, 0.05) is 0 Å². The lowest BCUT2D eigenvalue weighted by molar-refractivity contribution is 0.477. The zero-order valence-electron chi connectivity index (χ0n) is 12.5. The molecule has 2 N–H and O–H groups in total. The van der Waals surface area contributed by atoms with Crippen LogP contribution in [0.5, 0.6) is 11.5 Å². The highest BCUT2D eigenvalue weighted by Crippen LogP contribution is 2.28. The lowest BCUT2D eigenvalue weighted by Gasteiger charge is -2.13. The third-order valence-electron chi connectivity index (χ3n) is 3.46. The maximum absolute atomic E-state index is 6.00. The summed E-state index contributed by atoms with van der Waals surface area (Å²) >= 11 is 0. The van der Waals surface area contributed by atoms with Crippen molar-refractivity contribution in [3.63, 3.8) is 0 Å². The van der Waals surface area contributed by atoms with E-state index in [9.17, 15) is 0 Å². The van der Waals surface area contributed by atoms with Crippen molar-refractivity contribution in [1.29, 1.82) is 0 Å². The molecule has 0 bridgehead atoms. The summed E-state index contributed by atoms with van der Waals surface area (Å²) in [7, 11) is 0. The van der Waals surface area contributed by atoms with Crippen LogP contribution in [0.2, 0.25) is 0 Å². The fraction of sp³-hybridized carbons (Fsp3) is 0.333. The van der Waals surface area contributed by atoms with Gasteiger partial charge in [-0.2, -0.15) is 0 Å². The molecule has 106 valence electrons. The topological polar surface area (TPSA) is 35.2 Å². The van der Waals surface area contributed by atoms with Gasteiger partial charge in [0.05, 0.1) is 0 Å². The molecule has 2 nitrogen and oxygen atoms in total. The Labute approximate surface area is 121 Å². The molecule has 20 heavy (non-hydrogen) atoms. The number of aryl methyl sites for hydroxylation is 1. The van der Waals surface area contributed by atoms with Crippen LogP contribution >= 0.6 is 0 Å². The first kappa shape index (κ1) is 14.6. The average Bonchev–Trinajstić information content (AvgIpc) is 2.43. The molecular weight excluding hydrogens is 246 g/mol. The van der Waals surface area contributed by atoms with Crippen LogP contribution in [0.15, 0.2) is 42.5 Å². The molecule has 2 heteroatoms. The van der Waals surface area contributed by atoms with Gasteiger partial charge < -0.3 is 10.5 Å². The Balaban J connectivity index is 2.18. The summed E-state index contributed by atoms with van der Waals surface area (Å²) in [5, 5.41) is 0. The van der Waals surface area contributed by atoms with Crippen LogP contribution in [0.25, 0.3) is 0 Å². The van der Waals surface area contributed by atoms with Crippen molar-refractivity contribution in [1.82, 2.24) is 0 Å². The highest BCUT2D eigenvalue weighted by Gasteiger charge is 2.06. The number of hydrogen-bond acceptors (Lipinski definition) is 2. The summed E-state index contributed by atoms with van der Waals surface area (Å²) in [5.41, 5.74) is 9.25. The average molecular weight is 269 g/mol. The molecule has 2 aromatic rings. The second kappa shape index (κ2) is 6.58. The van der Waals surface area contributed by atoms with Crippen molar-refractivity contribution in [2.24, 2.45) is 5.73 Å². The van der Waals surface area contributed by atoms with Crippen molar-refractivity contribution in [2.45, 2.75) is 33.1 Å². The van der Waals surface area contributed by atoms with Crippen LogP contribution in [0.3, 0.4) is 0 Å². The van der Waals surface area contributed by atoms with E-state index in [2.05, 4.69) is 51.1 Å². The molecule has 0 amide bonds. The van der Waals surface area contributed by atoms with Gasteiger partial charge in [0.25, 0.3) is 0 Å². The van der Waals surface area contributed by atoms with Crippen LogP contribution in [-0.4, -0.2) is 6.54 Å². The molecule has 0 radical (unpaired) electrons. The predicted octanol–water partition coefficient (Wildman–Crippen LogP) is 4.41. The number of hydrogen-bond donors (Lipinski definition) is 1. The predicted molar refractivity (Wildman–Crippen MR) is 84.5 cm³/mol. The maximum atomic E-state index is 6.00. The van der Waals surface area contributed by atoms with Gasteiger partial charge in [-0.15, -0.1) is 0 Å². The van der Waals surface area contributed by atoms with E-state index in [1.165, 1.54) is 11.1 Å². The van der Waals surface area contributed by atoms with Crippen molar-refractivity contribution in [3.05, 3.63) is 59.2 Å². The third-order valence-corrected chi connectivity index (χ3v) is 3.46. The van der Waals surface area contributed by atoms with Crippen LogP contribution in [0, 0.1) is 6.92 Å². The van der Waals surface area contributed by atoms with Gasteiger partial charge in [-0.05, 0) is 60.7 Å². The molecule has 0 aliphatic carbocycles. The van der Waals surface area contributed by atoms with E-state index < -0.39 is 0 Å². The molecule has 2 aromatic carbocycles. The molecule has 0 aliphatic heterocycles. The molecule has 0 heterocycles. The number of ether oxygens (including phenoxy) is 1. The summed E-state index contributed by atoms with van der Waals surface area (Å²) in [6.45, 7) is 7.13. The second-order valence-electron chi connectivity index (χ2n) is 5.46. The van der Waals surface area contributed by atoms with Gasteiger partial charge >= 0.3 is 0 Å². The number of nitrogens with two attached hydrogens (primary N) is 1. The summed E-state index contributed by atoms with van der Waals surface area (Å²) < 4.78 is 6.00. The van der Waals surface area contributed by atoms with E-state index in [0.29, 0.717) is 12.5 Å². The van der Waals surface area contributed by atoms with E-state index in [-0.39, 0.29) is 0 Å². The Bertz CT molecular complexity index is 558. The number of rotatable bonds is 5. The van der Waals surface area contributed by atoms with Gasteiger partial charge in [0.2, 0.25) is 0 Å². The quantitative estimate of drug-likeness (QED) is 0.872. The summed E-state index contributed by atoms with van der Waals surface area (Å²) in [4.78, 5) is 0. The zero-order chi connectivity index (χ0) is 14.5. The Hall–Kier alpha value is -1.80. The first-order valence-electron chi connectivity index (χ1n) is 7.17. The van der Waals surface area contributed by atoms with Gasteiger partial charge in [-0.25, -0.2) is 0 Å². The molecule has 0 fully saturated rings. The van der Waals surface area contributed by atoms with Crippen LogP contribution < -0.4 is 10.5 Å². The highest BCUT2D eigenvalue weighted by atomic mass is 16.5. The standard InChI is InChI=1S/C18H23NO/c1-13(2)16-7-4-14(3)18(12-16)20-17-8-5-15(6-9-17)10-11-19/h4-9,12-13H,10-11,19H2,1-3H3. The first-order valence-corrected chi connectivity index (χ1v) is 7.17.